The first-order valence-electron chi connectivity index (χ1n) is 10.7. The van der Waals surface area contributed by atoms with Gasteiger partial charge in [0.2, 0.25) is 5.88 Å². The molecule has 1 amide bonds. The van der Waals surface area contributed by atoms with E-state index in [1.54, 1.807) is 24.3 Å². The fraction of sp³-hybridized carbons (Fsp3) is 0.348. The molecule has 0 atom stereocenters. The van der Waals surface area contributed by atoms with E-state index in [9.17, 15) is 18.0 Å². The minimum Gasteiger partial charge on any atom is -0.493 e. The van der Waals surface area contributed by atoms with Crippen LogP contribution in [0.1, 0.15) is 25.0 Å². The van der Waals surface area contributed by atoms with E-state index in [0.717, 1.165) is 37.5 Å². The molecule has 2 heterocycles. The summed E-state index contributed by atoms with van der Waals surface area (Å²) in [7, 11) is 1.43. The highest BCUT2D eigenvalue weighted by Crippen LogP contribution is 2.38. The Balaban J connectivity index is 1.80. The van der Waals surface area contributed by atoms with Gasteiger partial charge in [0.1, 0.15) is 10.9 Å². The van der Waals surface area contributed by atoms with Gasteiger partial charge in [-0.25, -0.2) is 4.98 Å². The summed E-state index contributed by atoms with van der Waals surface area (Å²) in [6.45, 7) is 7.34. The molecule has 7 nitrogen and oxygen atoms in total. The molecule has 0 saturated carbocycles. The molecule has 12 heteroatoms. The molecule has 35 heavy (non-hydrogen) atoms. The Hall–Kier alpha value is -2.76. The number of ether oxygens (including phenoxy) is 2. The Labute approximate surface area is 210 Å². The van der Waals surface area contributed by atoms with Gasteiger partial charge in [-0.3, -0.25) is 9.79 Å². The second-order valence-corrected chi connectivity index (χ2v) is 8.72. The maximum atomic E-state index is 12.8. The summed E-state index contributed by atoms with van der Waals surface area (Å²) < 4.78 is 49.5. The van der Waals surface area contributed by atoms with Gasteiger partial charge in [0.05, 0.1) is 24.1 Å². The summed E-state index contributed by atoms with van der Waals surface area (Å²) in [5.41, 5.74) is -0.272. The Morgan fingerprint density at radius 1 is 1.23 bits per heavy atom. The lowest BCUT2D eigenvalue weighted by atomic mass is 10.2. The number of nitrogens with zero attached hydrogens (tertiary/aromatic N) is 3. The largest absolute Gasteiger partial charge is 0.493 e. The molecule has 1 aliphatic heterocycles. The van der Waals surface area contributed by atoms with Gasteiger partial charge in [0, 0.05) is 12.7 Å². The van der Waals surface area contributed by atoms with Crippen LogP contribution in [0.4, 0.5) is 18.0 Å². The predicted octanol–water partition coefficient (Wildman–Crippen LogP) is 6.09. The van der Waals surface area contributed by atoms with Crippen LogP contribution in [-0.2, 0) is 6.18 Å². The van der Waals surface area contributed by atoms with Crippen LogP contribution in [0.25, 0.3) is 6.08 Å². The van der Waals surface area contributed by atoms with Gasteiger partial charge in [0.15, 0.2) is 11.5 Å². The number of carbonyl (C=O) groups excluding carboxylic acids is 1. The molecule has 1 aliphatic rings. The number of pyridine rings is 1. The van der Waals surface area contributed by atoms with Gasteiger partial charge in [-0.1, -0.05) is 31.5 Å². The number of rotatable bonds is 9. The van der Waals surface area contributed by atoms with Crippen LogP contribution in [0.15, 0.2) is 40.4 Å². The highest BCUT2D eigenvalue weighted by molar-refractivity contribution is 8.18. The number of aliphatic imine (C=N–C) groups is 1. The number of nitrogens with one attached hydrogen (secondary N) is 1. The van der Waals surface area contributed by atoms with Crippen LogP contribution < -0.4 is 14.8 Å². The van der Waals surface area contributed by atoms with Crippen molar-refractivity contribution in [2.75, 3.05) is 33.3 Å². The van der Waals surface area contributed by atoms with Gasteiger partial charge in [-0.05, 0) is 54.7 Å². The lowest BCUT2D eigenvalue weighted by Crippen LogP contribution is -2.27. The SMILES string of the molecule is CCN(CC)CCN=C1NC(=O)SC1=Cc1ccc(Oc2ncc(C(F)(F)F)cc2Cl)c(OC)c1. The molecule has 0 bridgehead atoms. The zero-order chi connectivity index (χ0) is 25.6. The van der Waals surface area contributed by atoms with Crippen molar-refractivity contribution in [2.45, 2.75) is 20.0 Å². The zero-order valence-electron chi connectivity index (χ0n) is 19.3. The average Bonchev–Trinajstić information content (AvgIpc) is 3.16. The van der Waals surface area contributed by atoms with Crippen LogP contribution in [0, 0.1) is 0 Å². The fourth-order valence-electron chi connectivity index (χ4n) is 3.16. The number of thioether (sulfide) groups is 1. The summed E-state index contributed by atoms with van der Waals surface area (Å²) >= 11 is 6.98. The highest BCUT2D eigenvalue weighted by atomic mass is 35.5. The molecule has 0 spiro atoms. The number of likely N-dealkylation sites (N-methyl/N-ethyl adjacent to an activating group) is 1. The van der Waals surface area contributed by atoms with Gasteiger partial charge in [-0.2, -0.15) is 13.2 Å². The molecule has 1 aromatic heterocycles. The van der Waals surface area contributed by atoms with E-state index >= 15 is 0 Å². The number of halogens is 4. The first-order chi connectivity index (χ1) is 16.6. The second kappa shape index (κ2) is 11.8. The number of methoxy groups -OCH3 is 1. The molecule has 2 aromatic rings. The van der Waals surface area contributed by atoms with Crippen LogP contribution in [0.3, 0.4) is 0 Å². The Kier molecular flexibility index (Phi) is 9.03. The molecule has 0 radical (unpaired) electrons. The normalized spacial score (nSPS) is 16.3. The van der Waals surface area contributed by atoms with Crippen molar-refractivity contribution in [1.82, 2.24) is 15.2 Å². The number of benzene rings is 1. The molecule has 3 rings (SSSR count). The monoisotopic (exact) mass is 528 g/mol. The molecule has 188 valence electrons. The van der Waals surface area contributed by atoms with E-state index in [-0.39, 0.29) is 21.9 Å². The first-order valence-corrected chi connectivity index (χ1v) is 11.9. The third kappa shape index (κ3) is 7.12. The predicted molar refractivity (Wildman–Crippen MR) is 132 cm³/mol. The van der Waals surface area contributed by atoms with Crippen molar-refractivity contribution in [2.24, 2.45) is 4.99 Å². The van der Waals surface area contributed by atoms with Gasteiger partial charge < -0.3 is 19.7 Å². The number of hydrogen-bond acceptors (Lipinski definition) is 7. The van der Waals surface area contributed by atoms with Crippen molar-refractivity contribution in [3.05, 3.63) is 51.5 Å². The van der Waals surface area contributed by atoms with Crippen LogP contribution >= 0.6 is 23.4 Å². The van der Waals surface area contributed by atoms with Crippen molar-refractivity contribution < 1.29 is 27.4 Å². The molecule has 0 unspecified atom stereocenters. The topological polar surface area (TPSA) is 76.1 Å². The maximum Gasteiger partial charge on any atom is 0.417 e. The van der Waals surface area contributed by atoms with E-state index in [0.29, 0.717) is 34.8 Å². The van der Waals surface area contributed by atoms with E-state index in [4.69, 9.17) is 21.1 Å². The van der Waals surface area contributed by atoms with E-state index in [1.807, 2.05) is 0 Å². The number of alkyl halides is 3. The number of amides is 1. The fourth-order valence-corrected chi connectivity index (χ4v) is 4.12. The number of aromatic nitrogens is 1. The third-order valence-corrected chi connectivity index (χ3v) is 6.15. The number of hydrogen-bond donors (Lipinski definition) is 1. The minimum absolute atomic E-state index is 0.187. The molecule has 1 N–H and O–H groups in total. The Morgan fingerprint density at radius 3 is 2.60 bits per heavy atom. The van der Waals surface area contributed by atoms with Crippen molar-refractivity contribution in [3.8, 4) is 17.4 Å². The summed E-state index contributed by atoms with van der Waals surface area (Å²) in [6, 6.07) is 5.70. The zero-order valence-corrected chi connectivity index (χ0v) is 20.9. The minimum atomic E-state index is -4.57. The number of carbonyl (C=O) groups is 1. The third-order valence-electron chi connectivity index (χ3n) is 5.06. The molecule has 1 fully saturated rings. The Morgan fingerprint density at radius 2 is 1.97 bits per heavy atom. The van der Waals surface area contributed by atoms with Gasteiger partial charge >= 0.3 is 6.18 Å². The van der Waals surface area contributed by atoms with Crippen LogP contribution in [0.2, 0.25) is 5.02 Å². The van der Waals surface area contributed by atoms with Gasteiger partial charge in [0.25, 0.3) is 5.24 Å². The molecular formula is C23H24ClF3N4O3S. The first kappa shape index (κ1) is 26.8. The summed E-state index contributed by atoms with van der Waals surface area (Å²) in [5.74, 6) is 0.838. The number of amidine groups is 1. The summed E-state index contributed by atoms with van der Waals surface area (Å²) in [6.07, 6.45) is -2.13. The Bertz CT molecular complexity index is 1140. The van der Waals surface area contributed by atoms with Crippen molar-refractivity contribution >= 4 is 40.5 Å². The standard InChI is InChI=1S/C23H24ClF3N4O3S/c1-4-31(5-2)9-8-28-20-19(35-22(32)30-20)11-14-6-7-17(18(10-14)33-3)34-21-16(24)12-15(13-29-21)23(25,26)27/h6-7,10-13H,4-5,8-9H2,1-3H3,(H,28,30,32). The lowest BCUT2D eigenvalue weighted by Gasteiger charge is -2.16. The second-order valence-electron chi connectivity index (χ2n) is 7.30. The average molecular weight is 529 g/mol. The van der Waals surface area contributed by atoms with E-state index < -0.39 is 11.7 Å². The highest BCUT2D eigenvalue weighted by Gasteiger charge is 2.32. The molecule has 0 aliphatic carbocycles. The molecule has 1 saturated heterocycles. The van der Waals surface area contributed by atoms with Crippen molar-refractivity contribution in [1.29, 1.82) is 0 Å². The van der Waals surface area contributed by atoms with Crippen LogP contribution in [-0.4, -0.2) is 54.2 Å². The smallest absolute Gasteiger partial charge is 0.417 e. The van der Waals surface area contributed by atoms with Gasteiger partial charge in [-0.15, -0.1) is 0 Å². The maximum absolute atomic E-state index is 12.8. The van der Waals surface area contributed by atoms with Crippen molar-refractivity contribution in [3.63, 3.8) is 0 Å². The summed E-state index contributed by atoms with van der Waals surface area (Å²) in [4.78, 5) is 23.1. The van der Waals surface area contributed by atoms with Crippen LogP contribution in [0.5, 0.6) is 17.4 Å². The van der Waals surface area contributed by atoms with E-state index in [2.05, 4.69) is 34.0 Å². The summed E-state index contributed by atoms with van der Waals surface area (Å²) in [5, 5.41) is 2.25. The van der Waals surface area contributed by atoms with E-state index in [1.165, 1.54) is 7.11 Å². The molecular weight excluding hydrogens is 505 g/mol. The quantitative estimate of drug-likeness (QED) is 0.424. The molecule has 1 aromatic carbocycles. The lowest BCUT2D eigenvalue weighted by molar-refractivity contribution is -0.137.